The molecule has 0 amide bonds. The molecule has 0 unspecified atom stereocenters. The maximum atomic E-state index is 8.85. The van der Waals surface area contributed by atoms with Crippen LogP contribution >= 0.6 is 0 Å². The van der Waals surface area contributed by atoms with Gasteiger partial charge in [0, 0.05) is 31.0 Å². The van der Waals surface area contributed by atoms with E-state index in [9.17, 15) is 0 Å². The fourth-order valence-electron chi connectivity index (χ4n) is 1.69. The highest BCUT2D eigenvalue weighted by Crippen LogP contribution is 2.14. The van der Waals surface area contributed by atoms with E-state index in [1.807, 2.05) is 0 Å². The Morgan fingerprint density at radius 3 is 2.36 bits per heavy atom. The minimum Gasteiger partial charge on any atom is -0.392 e. The van der Waals surface area contributed by atoms with E-state index < -0.39 is 0 Å². The standard InChI is InChI=1S/C10H15N3O/c14-8-9-6-11-10(12-7-9)13-4-2-1-3-5-13/h6-7,14H,1-5,8H2. The fraction of sp³-hybridized carbons (Fsp3) is 0.600. The van der Waals surface area contributed by atoms with Gasteiger partial charge in [-0.25, -0.2) is 9.97 Å². The van der Waals surface area contributed by atoms with Crippen LogP contribution in [-0.2, 0) is 6.61 Å². The van der Waals surface area contributed by atoms with Crippen LogP contribution in [0.15, 0.2) is 12.4 Å². The second kappa shape index (κ2) is 4.37. The van der Waals surface area contributed by atoms with Gasteiger partial charge in [0.25, 0.3) is 0 Å². The highest BCUT2D eigenvalue weighted by Gasteiger charge is 2.12. The van der Waals surface area contributed by atoms with E-state index >= 15 is 0 Å². The summed E-state index contributed by atoms with van der Waals surface area (Å²) >= 11 is 0. The van der Waals surface area contributed by atoms with Crippen LogP contribution in [0.2, 0.25) is 0 Å². The van der Waals surface area contributed by atoms with Crippen molar-refractivity contribution in [3.05, 3.63) is 18.0 Å². The molecule has 1 saturated heterocycles. The normalized spacial score (nSPS) is 17.1. The average molecular weight is 193 g/mol. The van der Waals surface area contributed by atoms with E-state index in [4.69, 9.17) is 5.11 Å². The summed E-state index contributed by atoms with van der Waals surface area (Å²) in [5, 5.41) is 8.85. The van der Waals surface area contributed by atoms with Crippen molar-refractivity contribution in [2.24, 2.45) is 0 Å². The molecule has 1 fully saturated rings. The first-order valence-corrected chi connectivity index (χ1v) is 5.07. The molecule has 0 bridgehead atoms. The van der Waals surface area contributed by atoms with Crippen LogP contribution in [0.3, 0.4) is 0 Å². The van der Waals surface area contributed by atoms with Crippen molar-refractivity contribution in [2.45, 2.75) is 25.9 Å². The van der Waals surface area contributed by atoms with Gasteiger partial charge in [-0.2, -0.15) is 0 Å². The van der Waals surface area contributed by atoms with Crippen molar-refractivity contribution in [1.29, 1.82) is 0 Å². The van der Waals surface area contributed by atoms with E-state index in [1.165, 1.54) is 19.3 Å². The Morgan fingerprint density at radius 1 is 1.14 bits per heavy atom. The van der Waals surface area contributed by atoms with Gasteiger partial charge < -0.3 is 10.0 Å². The maximum Gasteiger partial charge on any atom is 0.225 e. The molecule has 76 valence electrons. The topological polar surface area (TPSA) is 49.3 Å². The second-order valence-electron chi connectivity index (χ2n) is 3.60. The molecular formula is C10H15N3O. The van der Waals surface area contributed by atoms with Crippen LogP contribution < -0.4 is 4.90 Å². The lowest BCUT2D eigenvalue weighted by molar-refractivity contribution is 0.281. The largest absolute Gasteiger partial charge is 0.392 e. The number of hydrogen-bond acceptors (Lipinski definition) is 4. The predicted molar refractivity (Wildman–Crippen MR) is 54.0 cm³/mol. The quantitative estimate of drug-likeness (QED) is 0.760. The van der Waals surface area contributed by atoms with Crippen LogP contribution in [-0.4, -0.2) is 28.2 Å². The minimum absolute atomic E-state index is 0.0142. The number of aliphatic hydroxyl groups excluding tert-OH is 1. The molecule has 0 aliphatic carbocycles. The van der Waals surface area contributed by atoms with Gasteiger partial charge in [-0.3, -0.25) is 0 Å². The molecule has 0 saturated carbocycles. The van der Waals surface area contributed by atoms with Crippen molar-refractivity contribution in [2.75, 3.05) is 18.0 Å². The smallest absolute Gasteiger partial charge is 0.225 e. The molecule has 2 heterocycles. The van der Waals surface area contributed by atoms with Gasteiger partial charge >= 0.3 is 0 Å². The van der Waals surface area contributed by atoms with E-state index in [0.717, 1.165) is 24.6 Å². The number of aliphatic hydroxyl groups is 1. The zero-order valence-corrected chi connectivity index (χ0v) is 8.19. The number of hydrogen-bond donors (Lipinski definition) is 1. The minimum atomic E-state index is 0.0142. The summed E-state index contributed by atoms with van der Waals surface area (Å²) < 4.78 is 0. The molecule has 2 rings (SSSR count). The molecule has 1 N–H and O–H groups in total. The van der Waals surface area contributed by atoms with E-state index in [0.29, 0.717) is 0 Å². The Balaban J connectivity index is 2.07. The number of piperidine rings is 1. The first kappa shape index (κ1) is 9.40. The number of anilines is 1. The lowest BCUT2D eigenvalue weighted by Gasteiger charge is -2.26. The van der Waals surface area contributed by atoms with E-state index in [-0.39, 0.29) is 6.61 Å². The monoisotopic (exact) mass is 193 g/mol. The number of rotatable bonds is 2. The van der Waals surface area contributed by atoms with Crippen molar-refractivity contribution < 1.29 is 5.11 Å². The Morgan fingerprint density at radius 2 is 1.79 bits per heavy atom. The highest BCUT2D eigenvalue weighted by atomic mass is 16.3. The highest BCUT2D eigenvalue weighted by molar-refractivity contribution is 5.30. The molecule has 1 aromatic rings. The third kappa shape index (κ3) is 2.01. The third-order valence-electron chi connectivity index (χ3n) is 2.51. The van der Waals surface area contributed by atoms with Gasteiger partial charge in [0.05, 0.1) is 6.61 Å². The van der Waals surface area contributed by atoms with Crippen LogP contribution in [0.4, 0.5) is 5.95 Å². The van der Waals surface area contributed by atoms with Gasteiger partial charge in [0.15, 0.2) is 0 Å². The zero-order valence-electron chi connectivity index (χ0n) is 8.19. The maximum absolute atomic E-state index is 8.85. The molecular weight excluding hydrogens is 178 g/mol. The SMILES string of the molecule is OCc1cnc(N2CCCCC2)nc1. The Hall–Kier alpha value is -1.16. The van der Waals surface area contributed by atoms with Gasteiger partial charge in [0.2, 0.25) is 5.95 Å². The van der Waals surface area contributed by atoms with Crippen molar-refractivity contribution in [1.82, 2.24) is 9.97 Å². The third-order valence-corrected chi connectivity index (χ3v) is 2.51. The Labute approximate surface area is 83.6 Å². The molecule has 14 heavy (non-hydrogen) atoms. The van der Waals surface area contributed by atoms with Crippen LogP contribution in [0.5, 0.6) is 0 Å². The zero-order chi connectivity index (χ0) is 9.80. The van der Waals surface area contributed by atoms with Crippen LogP contribution in [0.25, 0.3) is 0 Å². The molecule has 1 aliphatic rings. The summed E-state index contributed by atoms with van der Waals surface area (Å²) in [6, 6.07) is 0. The van der Waals surface area contributed by atoms with Crippen LogP contribution in [0.1, 0.15) is 24.8 Å². The summed E-state index contributed by atoms with van der Waals surface area (Å²) in [5.74, 6) is 0.793. The Bertz CT molecular complexity index is 280. The molecule has 1 aliphatic heterocycles. The fourth-order valence-corrected chi connectivity index (χ4v) is 1.69. The number of aromatic nitrogens is 2. The molecule has 4 nitrogen and oxygen atoms in total. The van der Waals surface area contributed by atoms with Crippen molar-refractivity contribution >= 4 is 5.95 Å². The molecule has 1 aromatic heterocycles. The Kier molecular flexibility index (Phi) is 2.93. The molecule has 0 aromatic carbocycles. The van der Waals surface area contributed by atoms with Gasteiger partial charge in [0.1, 0.15) is 0 Å². The summed E-state index contributed by atoms with van der Waals surface area (Å²) in [4.78, 5) is 10.7. The van der Waals surface area contributed by atoms with Gasteiger partial charge in [-0.05, 0) is 19.3 Å². The molecule has 4 heteroatoms. The summed E-state index contributed by atoms with van der Waals surface area (Å²) in [7, 11) is 0. The van der Waals surface area contributed by atoms with E-state index in [1.54, 1.807) is 12.4 Å². The van der Waals surface area contributed by atoms with Gasteiger partial charge in [-0.15, -0.1) is 0 Å². The summed E-state index contributed by atoms with van der Waals surface area (Å²) in [5.41, 5.74) is 0.769. The van der Waals surface area contributed by atoms with Crippen molar-refractivity contribution in [3.8, 4) is 0 Å². The van der Waals surface area contributed by atoms with Crippen LogP contribution in [0, 0.1) is 0 Å². The lowest BCUT2D eigenvalue weighted by atomic mass is 10.1. The molecule has 0 atom stereocenters. The average Bonchev–Trinajstić information content (AvgIpc) is 2.30. The first-order chi connectivity index (χ1) is 6.90. The molecule has 0 spiro atoms. The summed E-state index contributed by atoms with van der Waals surface area (Å²) in [6.07, 6.45) is 7.15. The van der Waals surface area contributed by atoms with E-state index in [2.05, 4.69) is 14.9 Å². The second-order valence-corrected chi connectivity index (χ2v) is 3.60. The predicted octanol–water partition coefficient (Wildman–Crippen LogP) is 0.959. The first-order valence-electron chi connectivity index (χ1n) is 5.07. The van der Waals surface area contributed by atoms with Gasteiger partial charge in [-0.1, -0.05) is 0 Å². The van der Waals surface area contributed by atoms with Crippen molar-refractivity contribution in [3.63, 3.8) is 0 Å². The lowest BCUT2D eigenvalue weighted by Crippen LogP contribution is -2.30. The summed E-state index contributed by atoms with van der Waals surface area (Å²) in [6.45, 7) is 2.12. The molecule has 0 radical (unpaired) electrons. The number of nitrogens with zero attached hydrogens (tertiary/aromatic N) is 3.